The fraction of sp³-hybridized carbons (Fsp3) is 0.438. The highest BCUT2D eigenvalue weighted by atomic mass is 16.5. The summed E-state index contributed by atoms with van der Waals surface area (Å²) < 4.78 is 5.00. The molecule has 1 aromatic carbocycles. The summed E-state index contributed by atoms with van der Waals surface area (Å²) in [5, 5.41) is 14.4. The summed E-state index contributed by atoms with van der Waals surface area (Å²) in [5.74, 6) is 1.18. The minimum atomic E-state index is 0.495. The first kappa shape index (κ1) is 16.2. The van der Waals surface area contributed by atoms with Crippen LogP contribution in [0.4, 0.5) is 17.5 Å². The van der Waals surface area contributed by atoms with Gasteiger partial charge in [-0.3, -0.25) is 0 Å². The molecule has 0 amide bonds. The van der Waals surface area contributed by atoms with Gasteiger partial charge in [0, 0.05) is 19.3 Å². The van der Waals surface area contributed by atoms with Crippen molar-refractivity contribution >= 4 is 17.5 Å². The zero-order valence-electron chi connectivity index (χ0n) is 13.4. The molecule has 118 valence electrons. The Labute approximate surface area is 131 Å². The summed E-state index contributed by atoms with van der Waals surface area (Å²) in [7, 11) is 1.66. The molecular formula is C16H23N5O. The molecule has 0 saturated heterocycles. The number of anilines is 3. The molecule has 6 nitrogen and oxygen atoms in total. The zero-order chi connectivity index (χ0) is 15.8. The predicted octanol–water partition coefficient (Wildman–Crippen LogP) is 2.80. The fourth-order valence-corrected chi connectivity index (χ4v) is 2.23. The lowest BCUT2D eigenvalue weighted by atomic mass is 10.0. The first-order valence-electron chi connectivity index (χ1n) is 7.58. The van der Waals surface area contributed by atoms with Crippen molar-refractivity contribution < 1.29 is 4.74 Å². The highest BCUT2D eigenvalue weighted by Crippen LogP contribution is 2.25. The van der Waals surface area contributed by atoms with Crippen LogP contribution >= 0.6 is 0 Å². The van der Waals surface area contributed by atoms with Gasteiger partial charge in [0.15, 0.2) is 5.82 Å². The molecule has 0 spiro atoms. The largest absolute Gasteiger partial charge is 0.383 e. The van der Waals surface area contributed by atoms with Crippen molar-refractivity contribution in [2.45, 2.75) is 26.7 Å². The van der Waals surface area contributed by atoms with E-state index in [4.69, 9.17) is 4.74 Å². The Morgan fingerprint density at radius 1 is 1.14 bits per heavy atom. The Balaban J connectivity index is 2.18. The maximum absolute atomic E-state index is 5.00. The van der Waals surface area contributed by atoms with E-state index in [1.807, 2.05) is 0 Å². The fourth-order valence-electron chi connectivity index (χ4n) is 2.23. The maximum Gasteiger partial charge on any atom is 0.244 e. The summed E-state index contributed by atoms with van der Waals surface area (Å²) in [6, 6.07) is 6.36. The highest BCUT2D eigenvalue weighted by molar-refractivity contribution is 5.65. The van der Waals surface area contributed by atoms with Gasteiger partial charge in [0.25, 0.3) is 0 Å². The van der Waals surface area contributed by atoms with Gasteiger partial charge in [-0.05, 0) is 24.0 Å². The average Bonchev–Trinajstić information content (AvgIpc) is 2.55. The maximum atomic E-state index is 5.00. The number of methoxy groups -OCH3 is 1. The second-order valence-electron chi connectivity index (χ2n) is 4.87. The molecule has 0 unspecified atom stereocenters. The normalized spacial score (nSPS) is 10.5. The standard InChI is InChI=1S/C16H23N5O/c1-4-12-7-6-8-13(5-2)15(12)19-14-11-18-21-16(20-14)17-9-10-22-3/h6-8,11H,4-5,9-10H2,1-3H3,(H2,17,19,20,21). The van der Waals surface area contributed by atoms with E-state index in [1.165, 1.54) is 11.1 Å². The number of ether oxygens (including phenoxy) is 1. The van der Waals surface area contributed by atoms with Crippen molar-refractivity contribution in [2.24, 2.45) is 0 Å². The molecule has 0 radical (unpaired) electrons. The zero-order valence-corrected chi connectivity index (χ0v) is 13.4. The lowest BCUT2D eigenvalue weighted by molar-refractivity contribution is 0.210. The van der Waals surface area contributed by atoms with Crippen LogP contribution in [0.5, 0.6) is 0 Å². The first-order chi connectivity index (χ1) is 10.8. The smallest absolute Gasteiger partial charge is 0.244 e. The van der Waals surface area contributed by atoms with Crippen LogP contribution in [-0.2, 0) is 17.6 Å². The van der Waals surface area contributed by atoms with Crippen LogP contribution in [0.15, 0.2) is 24.4 Å². The number of para-hydroxylation sites is 1. The average molecular weight is 301 g/mol. The van der Waals surface area contributed by atoms with Crippen LogP contribution in [-0.4, -0.2) is 35.4 Å². The topological polar surface area (TPSA) is 72.0 Å². The molecule has 0 aliphatic rings. The third kappa shape index (κ3) is 4.14. The SMILES string of the molecule is CCc1cccc(CC)c1Nc1cnnc(NCCOC)n1. The summed E-state index contributed by atoms with van der Waals surface area (Å²) in [6.45, 7) is 5.54. The Hall–Kier alpha value is -2.21. The van der Waals surface area contributed by atoms with Crippen LogP contribution in [0.2, 0.25) is 0 Å². The van der Waals surface area contributed by atoms with Gasteiger partial charge in [-0.2, -0.15) is 10.1 Å². The van der Waals surface area contributed by atoms with E-state index in [0.717, 1.165) is 18.5 Å². The number of aromatic nitrogens is 3. The van der Waals surface area contributed by atoms with Crippen molar-refractivity contribution in [3.8, 4) is 0 Å². The van der Waals surface area contributed by atoms with E-state index in [2.05, 4.69) is 57.9 Å². The molecule has 1 heterocycles. The summed E-state index contributed by atoms with van der Waals surface area (Å²) in [5.41, 5.74) is 3.66. The minimum Gasteiger partial charge on any atom is -0.383 e. The van der Waals surface area contributed by atoms with Crippen molar-refractivity contribution in [1.29, 1.82) is 0 Å². The van der Waals surface area contributed by atoms with E-state index in [0.29, 0.717) is 24.9 Å². The van der Waals surface area contributed by atoms with E-state index < -0.39 is 0 Å². The number of nitrogens with zero attached hydrogens (tertiary/aromatic N) is 3. The summed E-state index contributed by atoms with van der Waals surface area (Å²) in [4.78, 5) is 4.44. The molecule has 0 fully saturated rings. The van der Waals surface area contributed by atoms with Crippen LogP contribution < -0.4 is 10.6 Å². The van der Waals surface area contributed by atoms with Crippen molar-refractivity contribution in [2.75, 3.05) is 30.9 Å². The molecule has 0 atom stereocenters. The Kier molecular flexibility index (Phi) is 6.09. The van der Waals surface area contributed by atoms with Gasteiger partial charge in [0.1, 0.15) is 0 Å². The molecule has 6 heteroatoms. The third-order valence-electron chi connectivity index (χ3n) is 3.40. The van der Waals surface area contributed by atoms with Crippen LogP contribution in [0.1, 0.15) is 25.0 Å². The Morgan fingerprint density at radius 3 is 2.50 bits per heavy atom. The molecule has 0 aliphatic heterocycles. The molecular weight excluding hydrogens is 278 g/mol. The number of benzene rings is 1. The van der Waals surface area contributed by atoms with Gasteiger partial charge in [0.2, 0.25) is 5.95 Å². The summed E-state index contributed by atoms with van der Waals surface area (Å²) >= 11 is 0. The van der Waals surface area contributed by atoms with Gasteiger partial charge in [-0.1, -0.05) is 32.0 Å². The molecule has 2 aromatic rings. The molecule has 0 bridgehead atoms. The van der Waals surface area contributed by atoms with Gasteiger partial charge in [-0.15, -0.1) is 5.10 Å². The lowest BCUT2D eigenvalue weighted by Crippen LogP contribution is -2.12. The number of hydrogen-bond acceptors (Lipinski definition) is 6. The highest BCUT2D eigenvalue weighted by Gasteiger charge is 2.08. The quantitative estimate of drug-likeness (QED) is 0.731. The second-order valence-corrected chi connectivity index (χ2v) is 4.87. The second kappa shape index (κ2) is 8.29. The van der Waals surface area contributed by atoms with E-state index in [9.17, 15) is 0 Å². The van der Waals surface area contributed by atoms with Crippen LogP contribution in [0, 0.1) is 0 Å². The lowest BCUT2D eigenvalue weighted by Gasteiger charge is -2.15. The molecule has 2 rings (SSSR count). The van der Waals surface area contributed by atoms with E-state index >= 15 is 0 Å². The van der Waals surface area contributed by atoms with Gasteiger partial charge in [0.05, 0.1) is 12.8 Å². The van der Waals surface area contributed by atoms with Gasteiger partial charge < -0.3 is 15.4 Å². The van der Waals surface area contributed by atoms with Gasteiger partial charge >= 0.3 is 0 Å². The molecule has 1 aromatic heterocycles. The predicted molar refractivity (Wildman–Crippen MR) is 88.7 cm³/mol. The third-order valence-corrected chi connectivity index (χ3v) is 3.40. The van der Waals surface area contributed by atoms with Crippen molar-refractivity contribution in [1.82, 2.24) is 15.2 Å². The number of rotatable bonds is 8. The molecule has 2 N–H and O–H groups in total. The van der Waals surface area contributed by atoms with E-state index in [-0.39, 0.29) is 0 Å². The van der Waals surface area contributed by atoms with Crippen LogP contribution in [0.3, 0.4) is 0 Å². The molecule has 22 heavy (non-hydrogen) atoms. The van der Waals surface area contributed by atoms with Gasteiger partial charge in [-0.25, -0.2) is 0 Å². The van der Waals surface area contributed by atoms with Crippen LogP contribution in [0.25, 0.3) is 0 Å². The number of aryl methyl sites for hydroxylation is 2. The summed E-state index contributed by atoms with van der Waals surface area (Å²) in [6.07, 6.45) is 3.56. The minimum absolute atomic E-state index is 0.495. The Bertz CT molecular complexity index is 581. The van der Waals surface area contributed by atoms with Crippen molar-refractivity contribution in [3.05, 3.63) is 35.5 Å². The first-order valence-corrected chi connectivity index (χ1v) is 7.58. The Morgan fingerprint density at radius 2 is 1.86 bits per heavy atom. The van der Waals surface area contributed by atoms with Crippen molar-refractivity contribution in [3.63, 3.8) is 0 Å². The molecule has 0 saturated carbocycles. The number of nitrogens with one attached hydrogen (secondary N) is 2. The monoisotopic (exact) mass is 301 g/mol. The molecule has 0 aliphatic carbocycles. The number of hydrogen-bond donors (Lipinski definition) is 2. The van der Waals surface area contributed by atoms with E-state index in [1.54, 1.807) is 13.3 Å².